The minimum atomic E-state index is -3.33. The van der Waals surface area contributed by atoms with Crippen LogP contribution in [0.1, 0.15) is 35.1 Å². The van der Waals surface area contributed by atoms with Gasteiger partial charge in [-0.25, -0.2) is 9.34 Å². The molecule has 0 bridgehead atoms. The number of nitrogens with zero attached hydrogens (tertiary/aromatic N) is 2. The van der Waals surface area contributed by atoms with Gasteiger partial charge in [-0.2, -0.15) is 0 Å². The summed E-state index contributed by atoms with van der Waals surface area (Å²) in [5, 5.41) is 15.0. The van der Waals surface area contributed by atoms with Crippen LogP contribution in [0, 0.1) is 0 Å². The average Bonchev–Trinajstić information content (AvgIpc) is 3.54. The lowest BCUT2D eigenvalue weighted by molar-refractivity contribution is 0.150. The molecule has 2 N–H and O–H groups in total. The summed E-state index contributed by atoms with van der Waals surface area (Å²) in [6.45, 7) is 2.99. The number of benzene rings is 4. The maximum absolute atomic E-state index is 15.9. The molecule has 4 aromatic rings. The van der Waals surface area contributed by atoms with Gasteiger partial charge in [0.1, 0.15) is 0 Å². The predicted molar refractivity (Wildman–Crippen MR) is 164 cm³/mol. The van der Waals surface area contributed by atoms with Gasteiger partial charge in [-0.3, -0.25) is 4.57 Å². The molecule has 5 nitrogen and oxygen atoms in total. The maximum Gasteiger partial charge on any atom is 0.220 e. The third-order valence-electron chi connectivity index (χ3n) is 7.70. The van der Waals surface area contributed by atoms with Crippen LogP contribution in [0.15, 0.2) is 121 Å². The third kappa shape index (κ3) is 7.57. The fraction of sp³-hybridized carbons (Fsp3) is 0.294. The topological polar surface area (TPSA) is 55.8 Å². The van der Waals surface area contributed by atoms with Crippen molar-refractivity contribution in [3.8, 4) is 0 Å². The van der Waals surface area contributed by atoms with Gasteiger partial charge in [0.2, 0.25) is 7.44 Å². The largest absolute Gasteiger partial charge is 0.391 e. The van der Waals surface area contributed by atoms with Crippen LogP contribution in [0.25, 0.3) is 0 Å². The van der Waals surface area contributed by atoms with Crippen LogP contribution in [0.4, 0.5) is 0 Å². The van der Waals surface area contributed by atoms with Gasteiger partial charge in [-0.15, -0.1) is 0 Å². The highest BCUT2D eigenvalue weighted by Crippen LogP contribution is 2.57. The molecule has 4 aromatic carbocycles. The molecule has 1 aliphatic rings. The lowest BCUT2D eigenvalue weighted by atomic mass is 10.1. The minimum absolute atomic E-state index is 0.0427. The first kappa shape index (κ1) is 28.5. The zero-order valence-electron chi connectivity index (χ0n) is 23.1. The fourth-order valence-corrected chi connectivity index (χ4v) is 8.65. The SMILES string of the molecule is O=P(C[C@@H](O)[C@@H]1CCCN1)(N(Cc1ccccc1)Cc1ccccc1)N(Cc1ccccc1)Cc1ccccc1. The van der Waals surface area contributed by atoms with Crippen molar-refractivity contribution in [2.24, 2.45) is 0 Å². The van der Waals surface area contributed by atoms with Gasteiger partial charge in [0, 0.05) is 32.2 Å². The summed E-state index contributed by atoms with van der Waals surface area (Å²) >= 11 is 0. The van der Waals surface area contributed by atoms with E-state index in [1.54, 1.807) is 0 Å². The van der Waals surface area contributed by atoms with Crippen molar-refractivity contribution < 1.29 is 9.67 Å². The monoisotopic (exact) mass is 553 g/mol. The third-order valence-corrected chi connectivity index (χ3v) is 10.9. The molecule has 0 aliphatic carbocycles. The average molecular weight is 554 g/mol. The van der Waals surface area contributed by atoms with Crippen LogP contribution in [-0.4, -0.2) is 39.3 Å². The molecule has 40 heavy (non-hydrogen) atoms. The second-order valence-corrected chi connectivity index (χ2v) is 13.5. The molecule has 1 heterocycles. The Hall–Kier alpha value is -3.05. The Kier molecular flexibility index (Phi) is 9.99. The van der Waals surface area contributed by atoms with Gasteiger partial charge in [0.25, 0.3) is 0 Å². The van der Waals surface area contributed by atoms with E-state index in [4.69, 9.17) is 0 Å². The Morgan fingerprint density at radius 1 is 0.650 bits per heavy atom. The molecule has 0 amide bonds. The Morgan fingerprint density at radius 2 is 1.00 bits per heavy atom. The molecule has 5 rings (SSSR count). The van der Waals surface area contributed by atoms with Crippen LogP contribution in [0.3, 0.4) is 0 Å². The Bertz CT molecular complexity index is 1160. The number of hydrogen-bond acceptors (Lipinski definition) is 3. The quantitative estimate of drug-likeness (QED) is 0.181. The summed E-state index contributed by atoms with van der Waals surface area (Å²) in [6.07, 6.45) is 1.41. The number of rotatable bonds is 13. The number of aliphatic hydroxyl groups is 1. The lowest BCUT2D eigenvalue weighted by Crippen LogP contribution is -2.42. The highest BCUT2D eigenvalue weighted by molar-refractivity contribution is 7.59. The van der Waals surface area contributed by atoms with Crippen LogP contribution in [-0.2, 0) is 30.7 Å². The second kappa shape index (κ2) is 14.0. The van der Waals surface area contributed by atoms with E-state index in [1.165, 1.54) is 0 Å². The molecule has 0 saturated carbocycles. The summed E-state index contributed by atoms with van der Waals surface area (Å²) in [7, 11) is -3.33. The zero-order chi connectivity index (χ0) is 27.6. The molecule has 0 aromatic heterocycles. The first-order valence-electron chi connectivity index (χ1n) is 14.3. The summed E-state index contributed by atoms with van der Waals surface area (Å²) in [5.41, 5.74) is 4.41. The van der Waals surface area contributed by atoms with E-state index in [-0.39, 0.29) is 12.2 Å². The second-order valence-electron chi connectivity index (χ2n) is 10.7. The highest BCUT2D eigenvalue weighted by atomic mass is 31.2. The Morgan fingerprint density at radius 3 is 1.30 bits per heavy atom. The zero-order valence-corrected chi connectivity index (χ0v) is 24.0. The predicted octanol–water partition coefficient (Wildman–Crippen LogP) is 6.70. The van der Waals surface area contributed by atoms with E-state index in [0.717, 1.165) is 41.6 Å². The summed E-state index contributed by atoms with van der Waals surface area (Å²) < 4.78 is 20.1. The molecule has 6 heteroatoms. The van der Waals surface area contributed by atoms with Crippen molar-refractivity contribution in [1.82, 2.24) is 14.7 Å². The standard InChI is InChI=1S/C34H40N3O2P/c38-34(33-22-13-23-35-33)28-40(39,36(24-29-14-5-1-6-15-29)25-30-16-7-2-8-17-30)37(26-31-18-9-3-10-19-31)27-32-20-11-4-12-21-32/h1-12,14-21,33-35,38H,13,22-28H2/t33-,34+/m0/s1. The number of hydrogen-bond donors (Lipinski definition) is 2. The smallest absolute Gasteiger partial charge is 0.220 e. The molecule has 1 fully saturated rings. The molecule has 2 atom stereocenters. The fourth-order valence-electron chi connectivity index (χ4n) is 5.55. The van der Waals surface area contributed by atoms with Crippen LogP contribution in [0.5, 0.6) is 0 Å². The van der Waals surface area contributed by atoms with Crippen LogP contribution in [0.2, 0.25) is 0 Å². The van der Waals surface area contributed by atoms with Crippen molar-refractivity contribution in [3.05, 3.63) is 144 Å². The van der Waals surface area contributed by atoms with Gasteiger partial charge in [0.15, 0.2) is 0 Å². The Balaban J connectivity index is 1.58. The molecule has 0 unspecified atom stereocenters. The molecular weight excluding hydrogens is 513 g/mol. The molecule has 208 valence electrons. The molecule has 0 spiro atoms. The van der Waals surface area contributed by atoms with Gasteiger partial charge in [-0.05, 0) is 41.6 Å². The van der Waals surface area contributed by atoms with Crippen molar-refractivity contribution >= 4 is 7.44 Å². The van der Waals surface area contributed by atoms with Gasteiger partial charge in [-0.1, -0.05) is 121 Å². The van der Waals surface area contributed by atoms with Crippen molar-refractivity contribution in [2.45, 2.75) is 51.2 Å². The Labute approximate surface area is 239 Å². The van der Waals surface area contributed by atoms with Crippen LogP contribution < -0.4 is 5.32 Å². The minimum Gasteiger partial charge on any atom is -0.391 e. The van der Waals surface area contributed by atoms with E-state index in [1.807, 2.05) is 72.8 Å². The van der Waals surface area contributed by atoms with Crippen molar-refractivity contribution in [1.29, 1.82) is 0 Å². The van der Waals surface area contributed by atoms with Gasteiger partial charge >= 0.3 is 0 Å². The number of nitrogens with one attached hydrogen (secondary N) is 1. The molecule has 1 saturated heterocycles. The highest BCUT2D eigenvalue weighted by Gasteiger charge is 2.41. The van der Waals surface area contributed by atoms with E-state index in [2.05, 4.69) is 63.2 Å². The van der Waals surface area contributed by atoms with E-state index < -0.39 is 13.5 Å². The van der Waals surface area contributed by atoms with Gasteiger partial charge in [0.05, 0.1) is 12.3 Å². The van der Waals surface area contributed by atoms with Crippen molar-refractivity contribution in [3.63, 3.8) is 0 Å². The summed E-state index contributed by atoms with van der Waals surface area (Å²) in [5.74, 6) is 0. The van der Waals surface area contributed by atoms with E-state index in [0.29, 0.717) is 26.2 Å². The first-order chi connectivity index (χ1) is 19.6. The normalized spacial score (nSPS) is 16.4. The van der Waals surface area contributed by atoms with Gasteiger partial charge < -0.3 is 10.4 Å². The molecule has 1 aliphatic heterocycles. The number of aliphatic hydroxyl groups excluding tert-OH is 1. The van der Waals surface area contributed by atoms with Crippen LogP contribution >= 0.6 is 7.44 Å². The maximum atomic E-state index is 15.9. The van der Waals surface area contributed by atoms with Crippen molar-refractivity contribution in [2.75, 3.05) is 12.7 Å². The summed E-state index contributed by atoms with van der Waals surface area (Å²) in [6, 6.07) is 41.0. The first-order valence-corrected chi connectivity index (χ1v) is 16.1. The molecular formula is C34H40N3O2P. The molecule has 0 radical (unpaired) electrons. The summed E-state index contributed by atoms with van der Waals surface area (Å²) in [4.78, 5) is 0. The lowest BCUT2D eigenvalue weighted by Gasteiger charge is -2.41. The van der Waals surface area contributed by atoms with E-state index >= 15 is 4.57 Å². The van der Waals surface area contributed by atoms with E-state index in [9.17, 15) is 5.11 Å².